The van der Waals surface area contributed by atoms with Gasteiger partial charge in [0.25, 0.3) is 0 Å². The summed E-state index contributed by atoms with van der Waals surface area (Å²) in [6, 6.07) is 53.1. The van der Waals surface area contributed by atoms with Crippen molar-refractivity contribution in [3.8, 4) is 45.5 Å². The number of benzene rings is 6. The molecule has 0 N–H and O–H groups in total. The summed E-state index contributed by atoms with van der Waals surface area (Å²) in [5.41, 5.74) is 8.70. The Morgan fingerprint density at radius 2 is 0.940 bits per heavy atom. The highest BCUT2D eigenvalue weighted by atomic mass is 15.2. The average Bonchev–Trinajstić information content (AvgIpc) is 3.72. The Hall–Kier alpha value is -6.59. The van der Waals surface area contributed by atoms with Gasteiger partial charge in [-0.3, -0.25) is 4.57 Å². The van der Waals surface area contributed by atoms with Gasteiger partial charge in [-0.05, 0) is 42.2 Å². The second-order valence-corrected chi connectivity index (χ2v) is 12.8. The fourth-order valence-electron chi connectivity index (χ4n) is 7.53. The number of hydrogen-bond donors (Lipinski definition) is 0. The van der Waals surface area contributed by atoms with E-state index in [9.17, 15) is 0 Å². The lowest BCUT2D eigenvalue weighted by Gasteiger charge is -2.13. The van der Waals surface area contributed by atoms with E-state index in [1.165, 1.54) is 27.1 Å². The zero-order chi connectivity index (χ0) is 33.0. The molecule has 0 amide bonds. The lowest BCUT2D eigenvalue weighted by molar-refractivity contribution is 0.951. The molecule has 0 fully saturated rings. The van der Waals surface area contributed by atoms with Crippen LogP contribution in [0, 0.1) is 0 Å². The molecule has 50 heavy (non-hydrogen) atoms. The molecule has 0 saturated heterocycles. The van der Waals surface area contributed by atoms with Crippen LogP contribution in [0.3, 0.4) is 0 Å². The van der Waals surface area contributed by atoms with Gasteiger partial charge < -0.3 is 4.57 Å². The smallest absolute Gasteiger partial charge is 0.238 e. The molecular weight excluding hydrogens is 611 g/mol. The first kappa shape index (κ1) is 28.4. The summed E-state index contributed by atoms with van der Waals surface area (Å²) in [4.78, 5) is 15.5. The van der Waals surface area contributed by atoms with Crippen LogP contribution in [-0.4, -0.2) is 24.1 Å². The first-order valence-corrected chi connectivity index (χ1v) is 17.1. The van der Waals surface area contributed by atoms with Crippen molar-refractivity contribution in [1.82, 2.24) is 24.1 Å². The van der Waals surface area contributed by atoms with E-state index in [1.54, 1.807) is 0 Å². The van der Waals surface area contributed by atoms with Gasteiger partial charge >= 0.3 is 0 Å². The van der Waals surface area contributed by atoms with Crippen LogP contribution in [0.25, 0.3) is 90.4 Å². The number of para-hydroxylation sites is 1. The van der Waals surface area contributed by atoms with Crippen LogP contribution in [-0.2, 0) is 0 Å². The van der Waals surface area contributed by atoms with Crippen molar-refractivity contribution in [1.29, 1.82) is 0 Å². The molecule has 9 aromatic rings. The first-order chi connectivity index (χ1) is 24.8. The summed E-state index contributed by atoms with van der Waals surface area (Å²) in [6.07, 6.45) is 6.82. The van der Waals surface area contributed by atoms with Gasteiger partial charge in [0.05, 0.1) is 16.6 Å². The van der Waals surface area contributed by atoms with Crippen molar-refractivity contribution in [2.24, 2.45) is 0 Å². The van der Waals surface area contributed by atoms with Gasteiger partial charge in [-0.1, -0.05) is 146 Å². The van der Waals surface area contributed by atoms with Gasteiger partial charge in [0.1, 0.15) is 0 Å². The van der Waals surface area contributed by atoms with E-state index < -0.39 is 0 Å². The second kappa shape index (κ2) is 11.5. The molecule has 3 aromatic heterocycles. The molecule has 10 rings (SSSR count). The van der Waals surface area contributed by atoms with Gasteiger partial charge in [-0.25, -0.2) is 4.98 Å². The van der Waals surface area contributed by atoms with Crippen LogP contribution in [0.4, 0.5) is 0 Å². The molecule has 1 aliphatic carbocycles. The molecule has 1 aliphatic rings. The van der Waals surface area contributed by atoms with Crippen LogP contribution in [0.5, 0.6) is 0 Å². The number of aromatic nitrogens is 5. The largest absolute Gasteiger partial charge is 0.308 e. The minimum Gasteiger partial charge on any atom is -0.308 e. The van der Waals surface area contributed by atoms with Crippen LogP contribution in [0.1, 0.15) is 12.8 Å². The molecule has 3 heterocycles. The van der Waals surface area contributed by atoms with Crippen LogP contribution in [0.15, 0.2) is 152 Å². The molecule has 0 bridgehead atoms. The fraction of sp³-hybridized carbons (Fsp3) is 0.0444. The second-order valence-electron chi connectivity index (χ2n) is 12.8. The SMILES string of the molecule is C1=c2c(n(-c3ccc(-c4ccccc4)cc3)c3c2ccc2c4ccccc4n(-c4nc(-c5ccccc5)nc(-c5ccccc5)n4)c23)=CCC1. The molecule has 0 radical (unpaired) electrons. The van der Waals surface area contributed by atoms with E-state index in [0.717, 1.165) is 57.0 Å². The lowest BCUT2D eigenvalue weighted by atomic mass is 10.1. The summed E-state index contributed by atoms with van der Waals surface area (Å²) in [5, 5.41) is 6.05. The Kier molecular flexibility index (Phi) is 6.56. The number of rotatable bonds is 5. The van der Waals surface area contributed by atoms with Gasteiger partial charge in [-0.15, -0.1) is 0 Å². The number of nitrogens with zero attached hydrogens (tertiary/aromatic N) is 5. The molecule has 5 heteroatoms. The molecule has 6 aromatic carbocycles. The third-order valence-electron chi connectivity index (χ3n) is 9.81. The molecule has 0 unspecified atom stereocenters. The monoisotopic (exact) mass is 641 g/mol. The summed E-state index contributed by atoms with van der Waals surface area (Å²) in [7, 11) is 0. The van der Waals surface area contributed by atoms with Crippen LogP contribution in [0.2, 0.25) is 0 Å². The molecule has 0 aliphatic heterocycles. The first-order valence-electron chi connectivity index (χ1n) is 17.1. The summed E-state index contributed by atoms with van der Waals surface area (Å²) < 4.78 is 4.71. The summed E-state index contributed by atoms with van der Waals surface area (Å²) >= 11 is 0. The summed E-state index contributed by atoms with van der Waals surface area (Å²) in [5.74, 6) is 1.87. The topological polar surface area (TPSA) is 48.5 Å². The van der Waals surface area contributed by atoms with Crippen molar-refractivity contribution in [2.75, 3.05) is 0 Å². The Morgan fingerprint density at radius 3 is 1.62 bits per heavy atom. The van der Waals surface area contributed by atoms with Crippen molar-refractivity contribution in [2.45, 2.75) is 12.8 Å². The third kappa shape index (κ3) is 4.51. The zero-order valence-electron chi connectivity index (χ0n) is 27.2. The Labute approximate surface area is 288 Å². The Morgan fingerprint density at radius 1 is 0.400 bits per heavy atom. The molecular formula is C45H31N5. The number of hydrogen-bond acceptors (Lipinski definition) is 3. The van der Waals surface area contributed by atoms with E-state index in [2.05, 4.69) is 137 Å². The van der Waals surface area contributed by atoms with Crippen LogP contribution >= 0.6 is 0 Å². The maximum atomic E-state index is 5.22. The van der Waals surface area contributed by atoms with Gasteiger partial charge in [0.15, 0.2) is 11.6 Å². The maximum absolute atomic E-state index is 5.22. The quantitative estimate of drug-likeness (QED) is 0.188. The minimum atomic E-state index is 0.592. The standard InChI is InChI=1S/C45H31N5/c1-4-14-30(15-5-1)31-24-26-34(27-25-31)49-39-22-12-10-20-35(39)37-28-29-38-36-21-11-13-23-40(36)50(42(38)41(37)49)45-47-43(32-16-6-2-7-17-32)46-44(48-45)33-18-8-3-9-19-33/h1-9,11,13-29H,10,12H2. The molecule has 0 atom stereocenters. The van der Waals surface area contributed by atoms with E-state index in [4.69, 9.17) is 15.0 Å². The molecule has 5 nitrogen and oxygen atoms in total. The van der Waals surface area contributed by atoms with Crippen molar-refractivity contribution in [3.63, 3.8) is 0 Å². The average molecular weight is 642 g/mol. The molecule has 0 spiro atoms. The van der Waals surface area contributed by atoms with E-state index in [0.29, 0.717) is 17.6 Å². The zero-order valence-corrected chi connectivity index (χ0v) is 27.2. The highest BCUT2D eigenvalue weighted by molar-refractivity contribution is 6.18. The van der Waals surface area contributed by atoms with E-state index >= 15 is 0 Å². The highest BCUT2D eigenvalue weighted by Gasteiger charge is 2.23. The van der Waals surface area contributed by atoms with Gasteiger partial charge in [0, 0.05) is 43.5 Å². The molecule has 0 saturated carbocycles. The normalized spacial score (nSPS) is 12.6. The van der Waals surface area contributed by atoms with Crippen molar-refractivity contribution < 1.29 is 0 Å². The third-order valence-corrected chi connectivity index (χ3v) is 9.81. The van der Waals surface area contributed by atoms with Crippen molar-refractivity contribution >= 4 is 44.9 Å². The van der Waals surface area contributed by atoms with Gasteiger partial charge in [-0.2, -0.15) is 9.97 Å². The van der Waals surface area contributed by atoms with Crippen molar-refractivity contribution in [3.05, 3.63) is 162 Å². The Bertz CT molecular complexity index is 2780. The number of fused-ring (bicyclic) bond motifs is 7. The Balaban J connectivity index is 1.32. The predicted octanol–water partition coefficient (Wildman–Crippen LogP) is 9.27. The summed E-state index contributed by atoms with van der Waals surface area (Å²) in [6.45, 7) is 0. The van der Waals surface area contributed by atoms with Gasteiger partial charge in [0.2, 0.25) is 5.95 Å². The minimum absolute atomic E-state index is 0.592. The fourth-order valence-corrected chi connectivity index (χ4v) is 7.53. The van der Waals surface area contributed by atoms with Crippen LogP contribution < -0.4 is 10.6 Å². The maximum Gasteiger partial charge on any atom is 0.238 e. The highest BCUT2D eigenvalue weighted by Crippen LogP contribution is 2.37. The molecule has 236 valence electrons. The predicted molar refractivity (Wildman–Crippen MR) is 205 cm³/mol. The van der Waals surface area contributed by atoms with E-state index in [-0.39, 0.29) is 0 Å². The van der Waals surface area contributed by atoms with E-state index in [1.807, 2.05) is 36.4 Å². The lowest BCUT2D eigenvalue weighted by Crippen LogP contribution is -2.30.